The molecular weight excluding hydrogens is 279 g/mol. The molecule has 1 radical (unpaired) electrons. The van der Waals surface area contributed by atoms with Crippen molar-refractivity contribution in [1.29, 1.82) is 0 Å². The average Bonchev–Trinajstić information content (AvgIpc) is 2.76. The second-order valence-corrected chi connectivity index (χ2v) is 5.33. The normalized spacial score (nSPS) is 11.2. The molecule has 0 fully saturated rings. The highest BCUT2D eigenvalue weighted by molar-refractivity contribution is 6.43. The lowest BCUT2D eigenvalue weighted by atomic mass is 10.2. The van der Waals surface area contributed by atoms with Gasteiger partial charge in [-0.1, -0.05) is 35.3 Å². The molecule has 3 rings (SSSR count). The van der Waals surface area contributed by atoms with Crippen LogP contribution in [0.1, 0.15) is 11.3 Å². The van der Waals surface area contributed by atoms with E-state index in [4.69, 9.17) is 23.2 Å². The summed E-state index contributed by atoms with van der Waals surface area (Å²) in [6.45, 7) is 4.08. The highest BCUT2D eigenvalue weighted by Crippen LogP contribution is 2.32. The minimum Gasteiger partial charge on any atom is -0.295 e. The van der Waals surface area contributed by atoms with Gasteiger partial charge < -0.3 is 0 Å². The summed E-state index contributed by atoms with van der Waals surface area (Å²) >= 11 is 12.3. The number of rotatable bonds is 1. The van der Waals surface area contributed by atoms with Crippen LogP contribution in [0, 0.1) is 20.0 Å². The Morgan fingerprint density at radius 1 is 1.16 bits per heavy atom. The number of aryl methyl sites for hydroxylation is 2. The number of hydrogen-bond acceptors (Lipinski definition) is 1. The van der Waals surface area contributed by atoms with Gasteiger partial charge in [0.1, 0.15) is 17.5 Å². The van der Waals surface area contributed by atoms with Crippen LogP contribution in [-0.2, 0) is 0 Å². The average molecular weight is 290 g/mol. The van der Waals surface area contributed by atoms with Crippen molar-refractivity contribution in [3.8, 4) is 11.3 Å². The summed E-state index contributed by atoms with van der Waals surface area (Å²) in [6.07, 6.45) is 3.24. The van der Waals surface area contributed by atoms with Crippen LogP contribution in [0.2, 0.25) is 10.0 Å². The van der Waals surface area contributed by atoms with Crippen molar-refractivity contribution < 1.29 is 0 Å². The Hall–Kier alpha value is -1.51. The maximum absolute atomic E-state index is 6.23. The summed E-state index contributed by atoms with van der Waals surface area (Å²) in [5.74, 6) is 0. The summed E-state index contributed by atoms with van der Waals surface area (Å²) in [7, 11) is 0. The molecule has 0 atom stereocenters. The predicted octanol–water partition coefficient (Wildman–Crippen LogP) is 4.73. The largest absolute Gasteiger partial charge is 0.295 e. The van der Waals surface area contributed by atoms with E-state index >= 15 is 0 Å². The molecule has 0 unspecified atom stereocenters. The fraction of sp³-hybridized carbons (Fsp3) is 0.133. The Balaban J connectivity index is 2.26. The van der Waals surface area contributed by atoms with Gasteiger partial charge in [0, 0.05) is 11.3 Å². The van der Waals surface area contributed by atoms with Gasteiger partial charge in [-0.25, -0.2) is 4.98 Å². The second kappa shape index (κ2) is 4.55. The molecular formula is C15H11Cl2N2. The van der Waals surface area contributed by atoms with Gasteiger partial charge in [0.15, 0.2) is 0 Å². The third-order valence-electron chi connectivity index (χ3n) is 3.03. The highest BCUT2D eigenvalue weighted by atomic mass is 35.5. The van der Waals surface area contributed by atoms with Gasteiger partial charge in [-0.2, -0.15) is 0 Å². The summed E-state index contributed by atoms with van der Waals surface area (Å²) < 4.78 is 1.93. The topological polar surface area (TPSA) is 17.3 Å². The first kappa shape index (κ1) is 12.5. The summed E-state index contributed by atoms with van der Waals surface area (Å²) in [5, 5.41) is 1.04. The molecule has 1 aromatic carbocycles. The van der Waals surface area contributed by atoms with Crippen molar-refractivity contribution in [3.63, 3.8) is 0 Å². The fourth-order valence-electron chi connectivity index (χ4n) is 2.16. The Labute approximate surface area is 121 Å². The van der Waals surface area contributed by atoms with Gasteiger partial charge in [0.05, 0.1) is 10.0 Å². The summed E-state index contributed by atoms with van der Waals surface area (Å²) in [4.78, 5) is 4.57. The standard InChI is InChI=1S/C15H11Cl2N2/c1-9-6-10(2)19-8-13(18-14(19)7-9)11-4-3-5-12(16)15(11)17/h3-7H,1-2H3. The molecule has 0 saturated carbocycles. The lowest BCUT2D eigenvalue weighted by Crippen LogP contribution is -1.90. The van der Waals surface area contributed by atoms with E-state index in [2.05, 4.69) is 17.2 Å². The number of benzene rings is 1. The Kier molecular flexibility index (Phi) is 3.00. The van der Waals surface area contributed by atoms with Crippen molar-refractivity contribution in [3.05, 3.63) is 57.8 Å². The van der Waals surface area contributed by atoms with Gasteiger partial charge in [-0.15, -0.1) is 0 Å². The van der Waals surface area contributed by atoms with Crippen molar-refractivity contribution in [1.82, 2.24) is 9.38 Å². The van der Waals surface area contributed by atoms with Crippen molar-refractivity contribution in [2.24, 2.45) is 0 Å². The first-order valence-electron chi connectivity index (χ1n) is 5.89. The molecule has 2 heterocycles. The molecule has 2 aromatic heterocycles. The lowest BCUT2D eigenvalue weighted by molar-refractivity contribution is 1.07. The SMILES string of the molecule is Cc1cc(C)n2[c]c(-c3cccc(Cl)c3Cl)nc2c1. The van der Waals surface area contributed by atoms with Crippen molar-refractivity contribution >= 4 is 28.8 Å². The van der Waals surface area contributed by atoms with Crippen LogP contribution in [-0.4, -0.2) is 9.38 Å². The smallest absolute Gasteiger partial charge is 0.138 e. The number of nitrogens with zero attached hydrogens (tertiary/aromatic N) is 2. The van der Waals surface area contributed by atoms with E-state index < -0.39 is 0 Å². The zero-order valence-corrected chi connectivity index (χ0v) is 12.0. The van der Waals surface area contributed by atoms with Crippen LogP contribution in [0.5, 0.6) is 0 Å². The molecule has 19 heavy (non-hydrogen) atoms. The zero-order chi connectivity index (χ0) is 13.6. The molecule has 0 N–H and O–H groups in total. The zero-order valence-electron chi connectivity index (χ0n) is 10.5. The molecule has 3 aromatic rings. The molecule has 0 amide bonds. The number of halogens is 2. The molecule has 4 heteroatoms. The molecule has 2 nitrogen and oxygen atoms in total. The van der Waals surface area contributed by atoms with E-state index in [0.29, 0.717) is 15.7 Å². The number of aromatic nitrogens is 2. The van der Waals surface area contributed by atoms with E-state index in [9.17, 15) is 0 Å². The van der Waals surface area contributed by atoms with Crippen molar-refractivity contribution in [2.45, 2.75) is 13.8 Å². The Morgan fingerprint density at radius 3 is 2.74 bits per heavy atom. The molecule has 0 aliphatic heterocycles. The quantitative estimate of drug-likeness (QED) is 0.633. The van der Waals surface area contributed by atoms with Gasteiger partial charge >= 0.3 is 0 Å². The van der Waals surface area contributed by atoms with Crippen LogP contribution >= 0.6 is 23.2 Å². The van der Waals surface area contributed by atoms with E-state index in [1.54, 1.807) is 6.07 Å². The molecule has 0 aliphatic rings. The molecule has 0 spiro atoms. The maximum Gasteiger partial charge on any atom is 0.138 e. The van der Waals surface area contributed by atoms with E-state index in [-0.39, 0.29) is 0 Å². The molecule has 95 valence electrons. The van der Waals surface area contributed by atoms with Crippen molar-refractivity contribution in [2.75, 3.05) is 0 Å². The maximum atomic E-state index is 6.23. The minimum absolute atomic E-state index is 0.512. The number of fused-ring (bicyclic) bond motifs is 1. The van der Waals surface area contributed by atoms with E-state index in [0.717, 1.165) is 16.9 Å². The van der Waals surface area contributed by atoms with Crippen LogP contribution in [0.15, 0.2) is 30.3 Å². The van der Waals surface area contributed by atoms with Gasteiger partial charge in [-0.3, -0.25) is 4.40 Å². The third kappa shape index (κ3) is 2.11. The second-order valence-electron chi connectivity index (χ2n) is 4.54. The Bertz CT molecular complexity index is 775. The van der Waals surface area contributed by atoms with Gasteiger partial charge in [0.2, 0.25) is 0 Å². The first-order chi connectivity index (χ1) is 9.06. The van der Waals surface area contributed by atoms with Gasteiger partial charge in [0.25, 0.3) is 0 Å². The molecule has 0 aliphatic carbocycles. The predicted molar refractivity (Wildman–Crippen MR) is 79.0 cm³/mol. The number of pyridine rings is 1. The van der Waals surface area contributed by atoms with E-state index in [1.807, 2.05) is 36.4 Å². The van der Waals surface area contributed by atoms with Crippen LogP contribution in [0.3, 0.4) is 0 Å². The minimum atomic E-state index is 0.512. The third-order valence-corrected chi connectivity index (χ3v) is 3.84. The van der Waals surface area contributed by atoms with Gasteiger partial charge in [-0.05, 0) is 37.6 Å². The fourth-order valence-corrected chi connectivity index (χ4v) is 2.55. The summed E-state index contributed by atoms with van der Waals surface area (Å²) in [6, 6.07) is 9.63. The monoisotopic (exact) mass is 289 g/mol. The van der Waals surface area contributed by atoms with Crippen LogP contribution < -0.4 is 0 Å². The molecule has 0 bridgehead atoms. The van der Waals surface area contributed by atoms with E-state index in [1.165, 1.54) is 5.56 Å². The Morgan fingerprint density at radius 2 is 1.95 bits per heavy atom. The lowest BCUT2D eigenvalue weighted by Gasteiger charge is -2.01. The number of imidazole rings is 1. The van der Waals surface area contributed by atoms with Crippen LogP contribution in [0.25, 0.3) is 16.9 Å². The number of hydrogen-bond donors (Lipinski definition) is 0. The molecule has 0 saturated heterocycles. The highest BCUT2D eigenvalue weighted by Gasteiger charge is 2.12. The summed E-state index contributed by atoms with van der Waals surface area (Å²) in [5.41, 5.74) is 4.64. The first-order valence-corrected chi connectivity index (χ1v) is 6.65. The van der Waals surface area contributed by atoms with Crippen LogP contribution in [0.4, 0.5) is 0 Å².